The molecule has 0 aliphatic heterocycles. The lowest BCUT2D eigenvalue weighted by molar-refractivity contribution is 0.398. The lowest BCUT2D eigenvalue weighted by Gasteiger charge is -2.14. The molecule has 1 atom stereocenters. The number of pyridine rings is 1. The molecule has 7 heteroatoms. The fourth-order valence-corrected chi connectivity index (χ4v) is 3.39. The van der Waals surface area contributed by atoms with Gasteiger partial charge in [-0.3, -0.25) is 4.57 Å². The van der Waals surface area contributed by atoms with Crippen LogP contribution in [0.4, 0.5) is 0 Å². The molecule has 104 valence electrons. The first-order valence-corrected chi connectivity index (χ1v) is 7.58. The van der Waals surface area contributed by atoms with Crippen molar-refractivity contribution in [3.05, 3.63) is 33.5 Å². The number of fused-ring (bicyclic) bond motifs is 1. The maximum absolute atomic E-state index is 5.45. The molecule has 20 heavy (non-hydrogen) atoms. The number of H-pyrrole nitrogens is 1. The average molecular weight is 306 g/mol. The molecule has 0 bridgehead atoms. The van der Waals surface area contributed by atoms with Crippen molar-refractivity contribution in [3.63, 3.8) is 0 Å². The zero-order chi connectivity index (χ0) is 14.1. The van der Waals surface area contributed by atoms with Crippen LogP contribution in [0.1, 0.15) is 24.4 Å². The van der Waals surface area contributed by atoms with Crippen molar-refractivity contribution < 1.29 is 4.74 Å². The number of nitrogens with zero attached hydrogens (tertiary/aromatic N) is 3. The molecule has 3 aromatic heterocycles. The van der Waals surface area contributed by atoms with Crippen molar-refractivity contribution in [3.8, 4) is 5.88 Å². The van der Waals surface area contributed by atoms with E-state index in [1.165, 1.54) is 0 Å². The standard InChI is InChI=1S/C13H14N4OS2/c1-3-9(12-14-6-7-20-12)17-11-8(15-13(17)19)4-5-10(16-11)18-2/h4-7,9H,3H2,1-2H3,(H,15,19). The van der Waals surface area contributed by atoms with Gasteiger partial charge >= 0.3 is 0 Å². The summed E-state index contributed by atoms with van der Waals surface area (Å²) in [5, 5.41) is 3.01. The third-order valence-corrected chi connectivity index (χ3v) is 4.36. The van der Waals surface area contributed by atoms with Crippen LogP contribution in [0.2, 0.25) is 0 Å². The van der Waals surface area contributed by atoms with Gasteiger partial charge in [-0.15, -0.1) is 11.3 Å². The van der Waals surface area contributed by atoms with E-state index in [-0.39, 0.29) is 6.04 Å². The largest absolute Gasteiger partial charge is 0.481 e. The van der Waals surface area contributed by atoms with Crippen LogP contribution < -0.4 is 4.74 Å². The number of aromatic amines is 1. The number of nitrogens with one attached hydrogen (secondary N) is 1. The molecular formula is C13H14N4OS2. The Kier molecular flexibility index (Phi) is 3.54. The van der Waals surface area contributed by atoms with Gasteiger partial charge < -0.3 is 9.72 Å². The zero-order valence-electron chi connectivity index (χ0n) is 11.2. The van der Waals surface area contributed by atoms with Gasteiger partial charge in [0.2, 0.25) is 5.88 Å². The fourth-order valence-electron chi connectivity index (χ4n) is 2.25. The number of hydrogen-bond donors (Lipinski definition) is 1. The highest BCUT2D eigenvalue weighted by molar-refractivity contribution is 7.71. The van der Waals surface area contributed by atoms with Gasteiger partial charge in [-0.2, -0.15) is 4.98 Å². The van der Waals surface area contributed by atoms with Crippen LogP contribution in [0.15, 0.2) is 23.7 Å². The molecule has 0 fully saturated rings. The average Bonchev–Trinajstić information content (AvgIpc) is 3.08. The minimum atomic E-state index is 0.0934. The number of thiazole rings is 1. The molecule has 3 heterocycles. The number of aromatic nitrogens is 4. The number of hydrogen-bond acceptors (Lipinski definition) is 5. The third-order valence-electron chi connectivity index (χ3n) is 3.18. The van der Waals surface area contributed by atoms with E-state index in [2.05, 4.69) is 21.9 Å². The highest BCUT2D eigenvalue weighted by atomic mass is 32.1. The summed E-state index contributed by atoms with van der Waals surface area (Å²) < 4.78 is 7.88. The summed E-state index contributed by atoms with van der Waals surface area (Å²) in [6.45, 7) is 2.12. The van der Waals surface area contributed by atoms with Gasteiger partial charge in [0, 0.05) is 17.6 Å². The summed E-state index contributed by atoms with van der Waals surface area (Å²) in [6.07, 6.45) is 2.71. The molecule has 3 aromatic rings. The van der Waals surface area contributed by atoms with E-state index in [0.29, 0.717) is 10.7 Å². The van der Waals surface area contributed by atoms with Gasteiger partial charge in [-0.25, -0.2) is 4.98 Å². The van der Waals surface area contributed by atoms with E-state index in [1.807, 2.05) is 28.3 Å². The first-order chi connectivity index (χ1) is 9.74. The van der Waals surface area contributed by atoms with Crippen LogP contribution in [-0.2, 0) is 0 Å². The van der Waals surface area contributed by atoms with E-state index in [1.54, 1.807) is 18.4 Å². The first-order valence-electron chi connectivity index (χ1n) is 6.29. The summed E-state index contributed by atoms with van der Waals surface area (Å²) in [4.78, 5) is 12.1. The number of rotatable bonds is 4. The maximum atomic E-state index is 5.45. The lowest BCUT2D eigenvalue weighted by atomic mass is 10.2. The Morgan fingerprint density at radius 2 is 2.35 bits per heavy atom. The number of methoxy groups -OCH3 is 1. The molecule has 1 N–H and O–H groups in total. The van der Waals surface area contributed by atoms with Gasteiger partial charge in [0.1, 0.15) is 5.01 Å². The van der Waals surface area contributed by atoms with Gasteiger partial charge in [0.15, 0.2) is 10.4 Å². The summed E-state index contributed by atoms with van der Waals surface area (Å²) >= 11 is 7.08. The monoisotopic (exact) mass is 306 g/mol. The molecule has 1 unspecified atom stereocenters. The molecule has 0 aromatic carbocycles. The van der Waals surface area contributed by atoms with Gasteiger partial charge in [-0.05, 0) is 24.7 Å². The van der Waals surface area contributed by atoms with Gasteiger partial charge in [0.25, 0.3) is 0 Å². The van der Waals surface area contributed by atoms with E-state index in [9.17, 15) is 0 Å². The van der Waals surface area contributed by atoms with Crippen LogP contribution in [-0.4, -0.2) is 26.6 Å². The molecular weight excluding hydrogens is 292 g/mol. The molecule has 0 saturated carbocycles. The van der Waals surface area contributed by atoms with Crippen molar-refractivity contribution in [2.75, 3.05) is 7.11 Å². The minimum absolute atomic E-state index is 0.0934. The molecule has 0 saturated heterocycles. The number of imidazole rings is 1. The molecule has 5 nitrogen and oxygen atoms in total. The SMILES string of the molecule is CCC(c1nccs1)n1c(=S)[nH]c2ccc(OC)nc21. The molecule has 3 rings (SSSR count). The Labute approximate surface area is 125 Å². The highest BCUT2D eigenvalue weighted by Gasteiger charge is 2.19. The normalized spacial score (nSPS) is 12.7. The summed E-state index contributed by atoms with van der Waals surface area (Å²) in [7, 11) is 1.61. The van der Waals surface area contributed by atoms with Crippen LogP contribution in [0.3, 0.4) is 0 Å². The second-order valence-corrected chi connectivity index (χ2v) is 5.63. The van der Waals surface area contributed by atoms with Crippen molar-refractivity contribution in [1.82, 2.24) is 19.5 Å². The summed E-state index contributed by atoms with van der Waals surface area (Å²) in [5.41, 5.74) is 1.71. The van der Waals surface area contributed by atoms with Crippen molar-refractivity contribution >= 4 is 34.7 Å². The Bertz CT molecular complexity index is 775. The summed E-state index contributed by atoms with van der Waals surface area (Å²) in [5.74, 6) is 0.578. The van der Waals surface area contributed by atoms with Crippen molar-refractivity contribution in [2.45, 2.75) is 19.4 Å². The second-order valence-electron chi connectivity index (χ2n) is 4.32. The van der Waals surface area contributed by atoms with E-state index < -0.39 is 0 Å². The van der Waals surface area contributed by atoms with E-state index >= 15 is 0 Å². The lowest BCUT2D eigenvalue weighted by Crippen LogP contribution is -2.10. The molecule has 0 aliphatic rings. The number of ether oxygens (including phenoxy) is 1. The highest BCUT2D eigenvalue weighted by Crippen LogP contribution is 2.28. The minimum Gasteiger partial charge on any atom is -0.481 e. The quantitative estimate of drug-likeness (QED) is 0.749. The first kappa shape index (κ1) is 13.3. The Balaban J connectivity index is 2.23. The fraction of sp³-hybridized carbons (Fsp3) is 0.308. The predicted octanol–water partition coefficient (Wildman–Crippen LogP) is 3.56. The van der Waals surface area contributed by atoms with Crippen LogP contribution >= 0.6 is 23.6 Å². The predicted molar refractivity (Wildman–Crippen MR) is 82.0 cm³/mol. The van der Waals surface area contributed by atoms with Crippen molar-refractivity contribution in [2.24, 2.45) is 0 Å². The second kappa shape index (κ2) is 5.34. The van der Waals surface area contributed by atoms with E-state index in [0.717, 1.165) is 22.6 Å². The molecule has 0 spiro atoms. The maximum Gasteiger partial charge on any atom is 0.215 e. The Morgan fingerprint density at radius 1 is 1.50 bits per heavy atom. The molecule has 0 radical (unpaired) electrons. The smallest absolute Gasteiger partial charge is 0.215 e. The zero-order valence-corrected chi connectivity index (χ0v) is 12.8. The Morgan fingerprint density at radius 3 is 3.00 bits per heavy atom. The van der Waals surface area contributed by atoms with E-state index in [4.69, 9.17) is 17.0 Å². The summed E-state index contributed by atoms with van der Waals surface area (Å²) in [6, 6.07) is 3.85. The molecule has 0 aliphatic carbocycles. The third kappa shape index (κ3) is 2.12. The van der Waals surface area contributed by atoms with Crippen LogP contribution in [0.5, 0.6) is 5.88 Å². The van der Waals surface area contributed by atoms with Crippen molar-refractivity contribution in [1.29, 1.82) is 0 Å². The van der Waals surface area contributed by atoms with Gasteiger partial charge in [-0.1, -0.05) is 6.92 Å². The van der Waals surface area contributed by atoms with Crippen LogP contribution in [0.25, 0.3) is 11.2 Å². The molecule has 0 amide bonds. The van der Waals surface area contributed by atoms with Gasteiger partial charge in [0.05, 0.1) is 18.7 Å². The topological polar surface area (TPSA) is 55.7 Å². The Hall–Kier alpha value is -1.73. The van der Waals surface area contributed by atoms with Crippen LogP contribution in [0, 0.1) is 4.77 Å².